The highest BCUT2D eigenvalue weighted by atomic mass is 16.5. The number of hydrogen-bond acceptors (Lipinski definition) is 3. The second kappa shape index (κ2) is 7.96. The summed E-state index contributed by atoms with van der Waals surface area (Å²) in [4.78, 5) is 9.50. The lowest BCUT2D eigenvalue weighted by atomic mass is 10.2. The summed E-state index contributed by atoms with van der Waals surface area (Å²) < 4.78 is 6.15. The fraction of sp³-hybridized carbons (Fsp3) is 0.269. The summed E-state index contributed by atoms with van der Waals surface area (Å²) in [5, 5.41) is 0. The van der Waals surface area contributed by atoms with Crippen LogP contribution in [0.1, 0.15) is 23.6 Å². The van der Waals surface area contributed by atoms with E-state index < -0.39 is 5.85 Å². The van der Waals surface area contributed by atoms with Crippen LogP contribution in [0.5, 0.6) is 0 Å². The number of rotatable bonds is 4. The quantitative estimate of drug-likeness (QED) is 0.539. The number of anilines is 2. The molecule has 1 fully saturated rings. The lowest BCUT2D eigenvalue weighted by Gasteiger charge is -2.40. The first-order valence-corrected chi connectivity index (χ1v) is 10.3. The summed E-state index contributed by atoms with van der Waals surface area (Å²) >= 11 is 0. The van der Waals surface area contributed by atoms with Crippen molar-refractivity contribution in [1.29, 1.82) is 0 Å². The van der Waals surface area contributed by atoms with Gasteiger partial charge in [-0.15, -0.1) is 0 Å². The lowest BCUT2D eigenvalue weighted by molar-refractivity contribution is 0.0222. The number of benzene rings is 3. The smallest absolute Gasteiger partial charge is 0.224 e. The topological polar surface area (TPSA) is 28.1 Å². The van der Waals surface area contributed by atoms with Gasteiger partial charge in [-0.05, 0) is 57.2 Å². The molecule has 0 radical (unpaired) electrons. The first-order valence-electron chi connectivity index (χ1n) is 10.3. The van der Waals surface area contributed by atoms with Crippen molar-refractivity contribution in [3.63, 3.8) is 0 Å². The average Bonchev–Trinajstić information content (AvgIpc) is 3.03. The Kier molecular flexibility index (Phi) is 5.35. The number of ether oxygens (including phenoxy) is 1. The highest BCUT2D eigenvalue weighted by molar-refractivity contribution is 6.06. The van der Waals surface area contributed by atoms with Crippen molar-refractivity contribution in [2.75, 3.05) is 23.5 Å². The second-order valence-corrected chi connectivity index (χ2v) is 8.09. The van der Waals surface area contributed by atoms with Gasteiger partial charge in [0.1, 0.15) is 5.84 Å². The predicted molar refractivity (Wildman–Crippen MR) is 126 cm³/mol. The Morgan fingerprint density at radius 1 is 0.733 bits per heavy atom. The van der Waals surface area contributed by atoms with Crippen molar-refractivity contribution in [3.8, 4) is 0 Å². The van der Waals surface area contributed by atoms with Gasteiger partial charge in [-0.25, -0.2) is 4.99 Å². The Morgan fingerprint density at radius 2 is 1.20 bits per heavy atom. The molecule has 0 aliphatic carbocycles. The van der Waals surface area contributed by atoms with Crippen LogP contribution in [-0.4, -0.2) is 25.3 Å². The van der Waals surface area contributed by atoms with E-state index >= 15 is 0 Å². The zero-order valence-corrected chi connectivity index (χ0v) is 18.4. The van der Waals surface area contributed by atoms with E-state index in [0.29, 0.717) is 6.54 Å². The third kappa shape index (κ3) is 3.71. The van der Waals surface area contributed by atoms with Crippen LogP contribution >= 0.6 is 0 Å². The van der Waals surface area contributed by atoms with Gasteiger partial charge in [0.05, 0.1) is 12.2 Å². The minimum atomic E-state index is -0.700. The van der Waals surface area contributed by atoms with Crippen LogP contribution in [0.3, 0.4) is 0 Å². The van der Waals surface area contributed by atoms with E-state index in [0.717, 1.165) is 22.9 Å². The van der Waals surface area contributed by atoms with Crippen LogP contribution in [0.15, 0.2) is 77.8 Å². The average molecular weight is 400 g/mol. The largest absolute Gasteiger partial charge is 0.341 e. The molecule has 1 heterocycles. The van der Waals surface area contributed by atoms with Gasteiger partial charge in [0.15, 0.2) is 0 Å². The number of methoxy groups -OCH3 is 1. The maximum Gasteiger partial charge on any atom is 0.224 e. The molecule has 0 bridgehead atoms. The lowest BCUT2D eigenvalue weighted by Crippen LogP contribution is -2.53. The molecule has 0 aromatic heterocycles. The maximum absolute atomic E-state index is 6.15. The van der Waals surface area contributed by atoms with Crippen LogP contribution < -0.4 is 9.80 Å². The molecule has 0 spiro atoms. The molecule has 1 unspecified atom stereocenters. The molecule has 0 N–H and O–H groups in total. The van der Waals surface area contributed by atoms with E-state index in [1.165, 1.54) is 16.7 Å². The number of aryl methyl sites for hydroxylation is 3. The van der Waals surface area contributed by atoms with Crippen molar-refractivity contribution in [3.05, 3.63) is 89.5 Å². The molecular weight excluding hydrogens is 370 g/mol. The Hall–Kier alpha value is -3.11. The van der Waals surface area contributed by atoms with E-state index in [2.05, 4.69) is 110 Å². The molecule has 154 valence electrons. The van der Waals surface area contributed by atoms with E-state index in [1.54, 1.807) is 7.11 Å². The van der Waals surface area contributed by atoms with E-state index in [1.807, 2.05) is 0 Å². The van der Waals surface area contributed by atoms with Gasteiger partial charge < -0.3 is 9.64 Å². The van der Waals surface area contributed by atoms with Crippen molar-refractivity contribution < 1.29 is 4.74 Å². The zero-order valence-electron chi connectivity index (χ0n) is 18.4. The number of hydrogen-bond donors (Lipinski definition) is 0. The van der Waals surface area contributed by atoms with Gasteiger partial charge in [-0.2, -0.15) is 0 Å². The molecule has 1 atom stereocenters. The van der Waals surface area contributed by atoms with Crippen molar-refractivity contribution in [2.24, 2.45) is 4.99 Å². The molecule has 4 nitrogen and oxygen atoms in total. The molecule has 1 aliphatic heterocycles. The van der Waals surface area contributed by atoms with Crippen LogP contribution in [0, 0.1) is 20.8 Å². The summed E-state index contributed by atoms with van der Waals surface area (Å²) in [5.41, 5.74) is 6.80. The third-order valence-corrected chi connectivity index (χ3v) is 5.79. The van der Waals surface area contributed by atoms with E-state index in [9.17, 15) is 0 Å². The molecule has 1 saturated heterocycles. The van der Waals surface area contributed by atoms with Gasteiger partial charge in [-0.3, -0.25) is 4.90 Å². The molecule has 30 heavy (non-hydrogen) atoms. The van der Waals surface area contributed by atoms with Gasteiger partial charge >= 0.3 is 0 Å². The number of amidine groups is 1. The van der Waals surface area contributed by atoms with Crippen molar-refractivity contribution in [1.82, 2.24) is 0 Å². The summed E-state index contributed by atoms with van der Waals surface area (Å²) in [6.07, 6.45) is 0. The Balaban J connectivity index is 1.84. The molecule has 0 amide bonds. The van der Waals surface area contributed by atoms with Crippen molar-refractivity contribution in [2.45, 2.75) is 33.5 Å². The van der Waals surface area contributed by atoms with Gasteiger partial charge in [0, 0.05) is 25.4 Å². The zero-order chi connectivity index (χ0) is 21.3. The molecule has 3 aromatic rings. The molecule has 3 aromatic carbocycles. The van der Waals surface area contributed by atoms with Crippen molar-refractivity contribution >= 4 is 22.9 Å². The maximum atomic E-state index is 6.15. The monoisotopic (exact) mass is 399 g/mol. The van der Waals surface area contributed by atoms with E-state index in [-0.39, 0.29) is 0 Å². The molecule has 1 aliphatic rings. The molecular formula is C26H29N3O. The summed E-state index contributed by atoms with van der Waals surface area (Å²) in [6.45, 7) is 9.04. The van der Waals surface area contributed by atoms with Gasteiger partial charge in [0.2, 0.25) is 5.85 Å². The first-order chi connectivity index (χ1) is 14.4. The van der Waals surface area contributed by atoms with Gasteiger partial charge in [0.25, 0.3) is 0 Å². The minimum absolute atomic E-state index is 0.648. The molecule has 0 saturated carbocycles. The van der Waals surface area contributed by atoms with Crippen LogP contribution in [0.4, 0.5) is 17.1 Å². The van der Waals surface area contributed by atoms with Crippen LogP contribution in [-0.2, 0) is 4.74 Å². The second-order valence-electron chi connectivity index (χ2n) is 8.09. The standard InChI is InChI=1S/C26H29N3O/c1-19-6-12-22(13-7-19)27-25-18-28(23-14-8-20(2)9-15-23)26(4,30-5)29(25)24-16-10-21(3)11-17-24/h6-17H,18H2,1-5H3. The minimum Gasteiger partial charge on any atom is -0.341 e. The molecule has 4 heteroatoms. The molecule has 4 rings (SSSR count). The fourth-order valence-electron chi connectivity index (χ4n) is 3.91. The highest BCUT2D eigenvalue weighted by Gasteiger charge is 2.48. The summed E-state index contributed by atoms with van der Waals surface area (Å²) in [6, 6.07) is 25.4. The van der Waals surface area contributed by atoms with Crippen LogP contribution in [0.25, 0.3) is 0 Å². The predicted octanol–water partition coefficient (Wildman–Crippen LogP) is 5.99. The van der Waals surface area contributed by atoms with Gasteiger partial charge in [-0.1, -0.05) is 53.1 Å². The first kappa shape index (κ1) is 20.2. The normalized spacial score (nSPS) is 20.2. The van der Waals surface area contributed by atoms with Crippen LogP contribution in [0.2, 0.25) is 0 Å². The van der Waals surface area contributed by atoms with E-state index in [4.69, 9.17) is 9.73 Å². The number of aliphatic imine (C=N–C) groups is 1. The Morgan fingerprint density at radius 3 is 1.70 bits per heavy atom. The summed E-state index contributed by atoms with van der Waals surface area (Å²) in [7, 11) is 1.76. The Labute approximate surface area is 179 Å². The fourth-order valence-corrected chi connectivity index (χ4v) is 3.91. The Bertz CT molecular complexity index is 1040. The third-order valence-electron chi connectivity index (χ3n) is 5.79. The highest BCUT2D eigenvalue weighted by Crippen LogP contribution is 2.38. The summed E-state index contributed by atoms with van der Waals surface area (Å²) in [5.74, 6) is 0.251. The SMILES string of the molecule is COC1(C)N(c2ccc(C)cc2)CC(=Nc2ccc(C)cc2)N1c1ccc(C)cc1. The number of nitrogens with zero attached hydrogens (tertiary/aromatic N) is 3.